The second kappa shape index (κ2) is 29.3. The maximum atomic E-state index is 14.2. The molecule has 396 valence electrons. The average molecular weight is 991 g/mol. The first-order valence-electron chi connectivity index (χ1n) is 25.0. The summed E-state index contributed by atoms with van der Waals surface area (Å²) >= 11 is 0. The summed E-state index contributed by atoms with van der Waals surface area (Å²) in [5.74, 6) is -5.24. The average Bonchev–Trinajstić information content (AvgIpc) is 3.30. The Morgan fingerprint density at radius 1 is 0.657 bits per heavy atom. The predicted octanol–water partition coefficient (Wildman–Crippen LogP) is 1.64. The van der Waals surface area contributed by atoms with Gasteiger partial charge in [0.2, 0.25) is 5.91 Å². The van der Waals surface area contributed by atoms with Gasteiger partial charge >= 0.3 is 5.97 Å². The van der Waals surface area contributed by atoms with Crippen molar-refractivity contribution in [1.29, 1.82) is 0 Å². The molecule has 18 heteroatoms. The summed E-state index contributed by atoms with van der Waals surface area (Å²) in [4.78, 5) is 28.5. The highest BCUT2D eigenvalue weighted by molar-refractivity contribution is 5.80. The summed E-state index contributed by atoms with van der Waals surface area (Å²) in [7, 11) is 0. The smallest absolute Gasteiger partial charge is 0.308 e. The largest absolute Gasteiger partial charge is 0.462 e. The molecular formula is C52H82N2O16. The van der Waals surface area contributed by atoms with Crippen LogP contribution < -0.4 is 5.73 Å². The number of cyclic esters (lactones) is 1. The third-order valence-electron chi connectivity index (χ3n) is 13.7. The summed E-state index contributed by atoms with van der Waals surface area (Å²) in [5.41, 5.74) is 6.13. The number of hydrogen-bond acceptors (Lipinski definition) is 17. The van der Waals surface area contributed by atoms with E-state index in [1.165, 1.54) is 0 Å². The number of aliphatic hydroxyl groups is 10. The highest BCUT2D eigenvalue weighted by Crippen LogP contribution is 2.39. The summed E-state index contributed by atoms with van der Waals surface area (Å²) in [6.45, 7) is 7.76. The number of hydrogen-bond donors (Lipinski definition) is 11. The van der Waals surface area contributed by atoms with Crippen LogP contribution in [0.2, 0.25) is 0 Å². The Morgan fingerprint density at radius 2 is 1.24 bits per heavy atom. The standard InChI is InChI=1S/C52H82N2O16/c1-32-20-16-13-11-9-7-5-6-8-10-12-14-17-21-39(69-51-49(64)46(53)48(63)35(4)68-51)29-43-45(50(65)54-24-18-15-19-25-54)42(60)31-52(66,70-43)30-38(57)27-41(59)40(58)23-22-36(55)26-37(56)28-44(61)67-34(3)33(2)47(32)62/h5-14,16-17,20-21,32-43,45-49,51,55-60,62-64,66H,15,18-19,22-31,53H2,1-4H3/b6-5+,9-7+,10-8+,13-11+,14-12+,20-16+,21-17+/t32-,33-,34-,35+,36?,37?,38?,39?,40?,41?,42-,43-,45?,46-,47?,48?,49-,51-,52?/m0/s1. The minimum absolute atomic E-state index is 0.0835. The number of allylic oxidation sites excluding steroid dienone is 12. The number of esters is 1. The lowest BCUT2D eigenvalue weighted by atomic mass is 9.81. The summed E-state index contributed by atoms with van der Waals surface area (Å²) in [6.07, 6.45) is 7.94. The van der Waals surface area contributed by atoms with Gasteiger partial charge in [0, 0.05) is 50.6 Å². The first-order valence-corrected chi connectivity index (χ1v) is 25.0. The molecule has 0 aromatic carbocycles. The Kier molecular flexibility index (Phi) is 24.8. The fraction of sp³-hybridized carbons (Fsp3) is 0.692. The number of carbonyl (C=O) groups is 2. The quantitative estimate of drug-likeness (QED) is 0.179. The highest BCUT2D eigenvalue weighted by atomic mass is 16.7. The van der Waals surface area contributed by atoms with Crippen molar-refractivity contribution in [3.8, 4) is 0 Å². The minimum Gasteiger partial charge on any atom is -0.462 e. The number of carbonyl (C=O) groups excluding carboxylic acids is 2. The molecule has 0 aromatic heterocycles. The van der Waals surface area contributed by atoms with Gasteiger partial charge in [0.1, 0.15) is 12.2 Å². The molecule has 1 amide bonds. The van der Waals surface area contributed by atoms with Gasteiger partial charge in [-0.05, 0) is 52.4 Å². The second-order valence-corrected chi connectivity index (χ2v) is 19.6. The summed E-state index contributed by atoms with van der Waals surface area (Å²) < 4.78 is 23.9. The van der Waals surface area contributed by atoms with Gasteiger partial charge in [-0.25, -0.2) is 0 Å². The first kappa shape index (κ1) is 59.1. The van der Waals surface area contributed by atoms with Crippen LogP contribution in [-0.4, -0.2) is 178 Å². The lowest BCUT2D eigenvalue weighted by Gasteiger charge is -2.47. The van der Waals surface area contributed by atoms with Gasteiger partial charge in [-0.2, -0.15) is 0 Å². The fourth-order valence-corrected chi connectivity index (χ4v) is 9.29. The third kappa shape index (κ3) is 18.9. The van der Waals surface area contributed by atoms with Gasteiger partial charge in [0.15, 0.2) is 12.1 Å². The van der Waals surface area contributed by atoms with Gasteiger partial charge in [-0.3, -0.25) is 9.59 Å². The van der Waals surface area contributed by atoms with Crippen LogP contribution in [0.3, 0.4) is 0 Å². The molecule has 4 heterocycles. The molecule has 3 fully saturated rings. The molecule has 19 atom stereocenters. The molecule has 4 aliphatic heterocycles. The van der Waals surface area contributed by atoms with Crippen LogP contribution in [0.5, 0.6) is 0 Å². The number of nitrogens with zero attached hydrogens (tertiary/aromatic N) is 1. The van der Waals surface area contributed by atoms with E-state index in [0.717, 1.165) is 19.3 Å². The SMILES string of the molecule is C[C@@H]1OC(=O)CC(O)CC(O)CCC(O)C(O)CC(O)CC2(O)C[C@H](O)C(C(=O)N3CCCCC3)[C@H](CC(O[C@@H]3O[C@H](C)C(O)[C@H](N)[C@@H]3O)/C=C/C=C/C=C/C=C/C=C/C=C/C=C/[C@H](C)C(O)[C@H]1C)O2. The van der Waals surface area contributed by atoms with E-state index in [1.807, 2.05) is 55.5 Å². The summed E-state index contributed by atoms with van der Waals surface area (Å²) in [6, 6.07) is -1.11. The van der Waals surface area contributed by atoms with Crippen LogP contribution in [-0.2, 0) is 28.5 Å². The van der Waals surface area contributed by atoms with E-state index in [1.54, 1.807) is 62.1 Å². The van der Waals surface area contributed by atoms with Crippen molar-refractivity contribution < 1.29 is 79.6 Å². The molecule has 10 unspecified atom stereocenters. The number of aliphatic hydroxyl groups excluding tert-OH is 9. The monoisotopic (exact) mass is 991 g/mol. The van der Waals surface area contributed by atoms with Crippen molar-refractivity contribution in [2.75, 3.05) is 13.1 Å². The molecule has 4 aliphatic rings. The molecule has 3 saturated heterocycles. The Morgan fingerprint density at radius 3 is 1.86 bits per heavy atom. The van der Waals surface area contributed by atoms with Gasteiger partial charge in [-0.15, -0.1) is 0 Å². The van der Waals surface area contributed by atoms with Crippen LogP contribution in [0, 0.1) is 17.8 Å². The van der Waals surface area contributed by atoms with Crippen molar-refractivity contribution >= 4 is 11.9 Å². The molecule has 0 aromatic rings. The van der Waals surface area contributed by atoms with E-state index in [2.05, 4.69) is 0 Å². The van der Waals surface area contributed by atoms with Crippen molar-refractivity contribution in [3.63, 3.8) is 0 Å². The fourth-order valence-electron chi connectivity index (χ4n) is 9.29. The van der Waals surface area contributed by atoms with Gasteiger partial charge < -0.3 is 80.6 Å². The normalized spacial score (nSPS) is 44.4. The van der Waals surface area contributed by atoms with E-state index in [4.69, 9.17) is 24.7 Å². The molecule has 0 saturated carbocycles. The Hall–Kier alpha value is -3.44. The number of likely N-dealkylation sites (tertiary alicyclic amines) is 1. The molecule has 70 heavy (non-hydrogen) atoms. The zero-order chi connectivity index (χ0) is 51.5. The van der Waals surface area contributed by atoms with Gasteiger partial charge in [-0.1, -0.05) is 98.9 Å². The maximum absolute atomic E-state index is 14.2. The molecular weight excluding hydrogens is 909 g/mol. The molecule has 0 radical (unpaired) electrons. The number of amides is 1. The van der Waals surface area contributed by atoms with Crippen LogP contribution in [0.1, 0.15) is 98.3 Å². The van der Waals surface area contributed by atoms with E-state index >= 15 is 0 Å². The molecule has 18 nitrogen and oxygen atoms in total. The van der Waals surface area contributed by atoms with Crippen LogP contribution in [0.15, 0.2) is 85.1 Å². The lowest BCUT2D eigenvalue weighted by Crippen LogP contribution is -2.62. The molecule has 0 spiro atoms. The topological polar surface area (TPSA) is 303 Å². The zero-order valence-corrected chi connectivity index (χ0v) is 41.1. The van der Waals surface area contributed by atoms with Crippen molar-refractivity contribution in [2.24, 2.45) is 23.5 Å². The number of fused-ring (bicyclic) bond motifs is 2. The predicted molar refractivity (Wildman–Crippen MR) is 260 cm³/mol. The van der Waals surface area contributed by atoms with Crippen LogP contribution in [0.4, 0.5) is 0 Å². The molecule has 4 rings (SSSR count). The van der Waals surface area contributed by atoms with E-state index < -0.39 is 141 Å². The highest BCUT2D eigenvalue weighted by Gasteiger charge is 2.51. The Balaban J connectivity index is 1.60. The summed E-state index contributed by atoms with van der Waals surface area (Å²) in [5, 5.41) is 110. The van der Waals surface area contributed by atoms with E-state index in [0.29, 0.717) is 13.1 Å². The number of ether oxygens (including phenoxy) is 4. The molecule has 12 N–H and O–H groups in total. The van der Waals surface area contributed by atoms with Crippen LogP contribution in [0.25, 0.3) is 0 Å². The second-order valence-electron chi connectivity index (χ2n) is 19.6. The van der Waals surface area contributed by atoms with Crippen molar-refractivity contribution in [1.82, 2.24) is 4.90 Å². The van der Waals surface area contributed by atoms with Gasteiger partial charge in [0.25, 0.3) is 0 Å². The zero-order valence-electron chi connectivity index (χ0n) is 41.1. The number of piperidine rings is 1. The minimum atomic E-state index is -2.24. The Labute approximate surface area is 412 Å². The lowest BCUT2D eigenvalue weighted by molar-refractivity contribution is -0.308. The third-order valence-corrected chi connectivity index (χ3v) is 13.7. The van der Waals surface area contributed by atoms with Crippen LogP contribution >= 0.6 is 0 Å². The van der Waals surface area contributed by atoms with Crippen molar-refractivity contribution in [2.45, 2.75) is 196 Å². The van der Waals surface area contributed by atoms with E-state index in [-0.39, 0.29) is 37.5 Å². The van der Waals surface area contributed by atoms with Gasteiger partial charge in [0.05, 0.1) is 85.5 Å². The number of nitrogens with two attached hydrogens (primary N) is 1. The maximum Gasteiger partial charge on any atom is 0.308 e. The Bertz CT molecular complexity index is 1800. The molecule has 2 bridgehead atoms. The van der Waals surface area contributed by atoms with Crippen molar-refractivity contribution in [3.05, 3.63) is 85.1 Å². The first-order chi connectivity index (χ1) is 33.2. The molecule has 0 aliphatic carbocycles. The van der Waals surface area contributed by atoms with E-state index in [9.17, 15) is 60.7 Å². The number of rotatable bonds is 3.